The van der Waals surface area contributed by atoms with Gasteiger partial charge in [0.25, 0.3) is 5.91 Å². The average Bonchev–Trinajstić information content (AvgIpc) is 2.28. The first-order valence-electron chi connectivity index (χ1n) is 5.17. The quantitative estimate of drug-likeness (QED) is 0.917. The van der Waals surface area contributed by atoms with Crippen LogP contribution in [0.25, 0.3) is 0 Å². The van der Waals surface area contributed by atoms with E-state index < -0.39 is 0 Å². The minimum absolute atomic E-state index is 0.0154. The highest BCUT2D eigenvalue weighted by atomic mass is 35.5. The molecular weight excluding hydrogens is 261 g/mol. The van der Waals surface area contributed by atoms with E-state index in [0.717, 1.165) is 0 Å². The predicted octanol–water partition coefficient (Wildman–Crippen LogP) is 2.95. The fraction of sp³-hybridized carbons (Fsp3) is 0.333. The zero-order valence-corrected chi connectivity index (χ0v) is 11.1. The van der Waals surface area contributed by atoms with Crippen LogP contribution < -0.4 is 5.32 Å². The number of ketones is 1. The van der Waals surface area contributed by atoms with Gasteiger partial charge in [0.15, 0.2) is 5.78 Å². The second-order valence-electron chi connectivity index (χ2n) is 3.93. The van der Waals surface area contributed by atoms with Crippen LogP contribution in [0.2, 0.25) is 10.0 Å². The van der Waals surface area contributed by atoms with E-state index in [-0.39, 0.29) is 24.2 Å². The SMILES string of the molecule is CC(C)C(=O)CNC(=O)c1ccc(Cl)c(Cl)c1. The van der Waals surface area contributed by atoms with Crippen molar-refractivity contribution in [3.8, 4) is 0 Å². The maximum absolute atomic E-state index is 11.7. The monoisotopic (exact) mass is 273 g/mol. The molecule has 1 N–H and O–H groups in total. The van der Waals surface area contributed by atoms with Gasteiger partial charge in [-0.25, -0.2) is 0 Å². The largest absolute Gasteiger partial charge is 0.345 e. The number of hydrogen-bond acceptors (Lipinski definition) is 2. The molecule has 0 atom stereocenters. The highest BCUT2D eigenvalue weighted by molar-refractivity contribution is 6.42. The van der Waals surface area contributed by atoms with Gasteiger partial charge in [0, 0.05) is 11.5 Å². The van der Waals surface area contributed by atoms with Gasteiger partial charge < -0.3 is 5.32 Å². The Morgan fingerprint density at radius 1 is 1.24 bits per heavy atom. The van der Waals surface area contributed by atoms with Crippen LogP contribution in [0, 0.1) is 5.92 Å². The van der Waals surface area contributed by atoms with Crippen molar-refractivity contribution >= 4 is 34.9 Å². The topological polar surface area (TPSA) is 46.2 Å². The summed E-state index contributed by atoms with van der Waals surface area (Å²) in [6.07, 6.45) is 0. The highest BCUT2D eigenvalue weighted by Crippen LogP contribution is 2.22. The Hall–Kier alpha value is -1.06. The first-order chi connectivity index (χ1) is 7.91. The highest BCUT2D eigenvalue weighted by Gasteiger charge is 2.11. The normalized spacial score (nSPS) is 10.4. The minimum Gasteiger partial charge on any atom is -0.345 e. The molecule has 92 valence electrons. The molecule has 0 bridgehead atoms. The lowest BCUT2D eigenvalue weighted by atomic mass is 10.1. The van der Waals surface area contributed by atoms with E-state index in [9.17, 15) is 9.59 Å². The summed E-state index contributed by atoms with van der Waals surface area (Å²) in [5, 5.41) is 3.24. The minimum atomic E-state index is -0.336. The number of amides is 1. The van der Waals surface area contributed by atoms with Crippen LogP contribution >= 0.6 is 23.2 Å². The Bertz CT molecular complexity index is 444. The van der Waals surface area contributed by atoms with E-state index >= 15 is 0 Å². The number of rotatable bonds is 4. The maximum Gasteiger partial charge on any atom is 0.251 e. The summed E-state index contributed by atoms with van der Waals surface area (Å²) < 4.78 is 0. The summed E-state index contributed by atoms with van der Waals surface area (Å²) in [5.41, 5.74) is 0.385. The molecular formula is C12H13Cl2NO2. The third-order valence-corrected chi connectivity index (χ3v) is 2.99. The summed E-state index contributed by atoms with van der Waals surface area (Å²) >= 11 is 11.5. The Morgan fingerprint density at radius 3 is 2.41 bits per heavy atom. The number of carbonyl (C=O) groups excluding carboxylic acids is 2. The molecule has 3 nitrogen and oxygen atoms in total. The van der Waals surface area contributed by atoms with Crippen LogP contribution in [0.4, 0.5) is 0 Å². The zero-order chi connectivity index (χ0) is 13.0. The average molecular weight is 274 g/mol. The number of Topliss-reactive ketones (excluding diaryl/α,β-unsaturated/α-hetero) is 1. The summed E-state index contributed by atoms with van der Waals surface area (Å²) in [4.78, 5) is 23.0. The number of hydrogen-bond donors (Lipinski definition) is 1. The molecule has 0 aliphatic rings. The van der Waals surface area contributed by atoms with Crippen molar-refractivity contribution in [2.45, 2.75) is 13.8 Å². The van der Waals surface area contributed by atoms with Crippen LogP contribution in [0.3, 0.4) is 0 Å². The molecule has 0 aromatic heterocycles. The van der Waals surface area contributed by atoms with Gasteiger partial charge in [-0.15, -0.1) is 0 Å². The summed E-state index contributed by atoms with van der Waals surface area (Å²) in [5.74, 6) is -0.444. The van der Waals surface area contributed by atoms with E-state index in [1.165, 1.54) is 6.07 Å². The van der Waals surface area contributed by atoms with Gasteiger partial charge in [0.05, 0.1) is 16.6 Å². The molecule has 0 radical (unpaired) electrons. The van der Waals surface area contributed by atoms with Crippen LogP contribution in [0.15, 0.2) is 18.2 Å². The molecule has 5 heteroatoms. The third kappa shape index (κ3) is 4.02. The van der Waals surface area contributed by atoms with Crippen molar-refractivity contribution < 1.29 is 9.59 Å². The van der Waals surface area contributed by atoms with E-state index in [0.29, 0.717) is 15.6 Å². The van der Waals surface area contributed by atoms with Crippen molar-refractivity contribution in [3.05, 3.63) is 33.8 Å². The van der Waals surface area contributed by atoms with E-state index in [1.54, 1.807) is 26.0 Å². The second kappa shape index (κ2) is 6.03. The third-order valence-electron chi connectivity index (χ3n) is 2.25. The van der Waals surface area contributed by atoms with Gasteiger partial charge in [-0.3, -0.25) is 9.59 Å². The first-order valence-corrected chi connectivity index (χ1v) is 5.93. The van der Waals surface area contributed by atoms with E-state index in [2.05, 4.69) is 5.32 Å². The molecule has 0 saturated heterocycles. The van der Waals surface area contributed by atoms with Gasteiger partial charge in [0.2, 0.25) is 0 Å². The fourth-order valence-electron chi connectivity index (χ4n) is 1.11. The maximum atomic E-state index is 11.7. The van der Waals surface area contributed by atoms with Crippen molar-refractivity contribution in [1.82, 2.24) is 5.32 Å². The van der Waals surface area contributed by atoms with Gasteiger partial charge >= 0.3 is 0 Å². The summed E-state index contributed by atoms with van der Waals surface area (Å²) in [6.45, 7) is 3.60. The van der Waals surface area contributed by atoms with Crippen LogP contribution in [-0.4, -0.2) is 18.2 Å². The molecule has 0 aliphatic carbocycles. The predicted molar refractivity (Wildman–Crippen MR) is 68.6 cm³/mol. The number of benzene rings is 1. The lowest BCUT2D eigenvalue weighted by Gasteiger charge is -2.07. The molecule has 1 aromatic carbocycles. The number of nitrogens with one attached hydrogen (secondary N) is 1. The van der Waals surface area contributed by atoms with E-state index in [1.807, 2.05) is 0 Å². The first kappa shape index (κ1) is 14.0. The van der Waals surface area contributed by atoms with Gasteiger partial charge in [-0.1, -0.05) is 37.0 Å². The molecule has 1 rings (SSSR count). The van der Waals surface area contributed by atoms with Gasteiger partial charge in [-0.05, 0) is 18.2 Å². The molecule has 0 fully saturated rings. The molecule has 1 aromatic rings. The number of halogens is 2. The lowest BCUT2D eigenvalue weighted by Crippen LogP contribution is -2.31. The fourth-order valence-corrected chi connectivity index (χ4v) is 1.41. The molecule has 0 spiro atoms. The molecule has 0 unspecified atom stereocenters. The molecule has 17 heavy (non-hydrogen) atoms. The summed E-state index contributed by atoms with van der Waals surface area (Å²) in [6, 6.07) is 4.57. The second-order valence-corrected chi connectivity index (χ2v) is 4.75. The van der Waals surface area contributed by atoms with Crippen molar-refractivity contribution in [2.24, 2.45) is 5.92 Å². The molecule has 0 aliphatic heterocycles. The van der Waals surface area contributed by atoms with Gasteiger partial charge in [-0.2, -0.15) is 0 Å². The van der Waals surface area contributed by atoms with Crippen molar-refractivity contribution in [2.75, 3.05) is 6.54 Å². The Morgan fingerprint density at radius 2 is 1.88 bits per heavy atom. The van der Waals surface area contributed by atoms with Gasteiger partial charge in [0.1, 0.15) is 0 Å². The van der Waals surface area contributed by atoms with E-state index in [4.69, 9.17) is 23.2 Å². The summed E-state index contributed by atoms with van der Waals surface area (Å²) in [7, 11) is 0. The Balaban J connectivity index is 2.64. The zero-order valence-electron chi connectivity index (χ0n) is 9.59. The van der Waals surface area contributed by atoms with Crippen LogP contribution in [0.1, 0.15) is 24.2 Å². The van der Waals surface area contributed by atoms with Crippen molar-refractivity contribution in [3.63, 3.8) is 0 Å². The standard InChI is InChI=1S/C12H13Cl2NO2/c1-7(2)11(16)6-15-12(17)8-3-4-9(13)10(14)5-8/h3-5,7H,6H2,1-2H3,(H,15,17). The van der Waals surface area contributed by atoms with Crippen LogP contribution in [0.5, 0.6) is 0 Å². The Labute approximate surface area is 110 Å². The molecule has 0 saturated carbocycles. The van der Waals surface area contributed by atoms with Crippen molar-refractivity contribution in [1.29, 1.82) is 0 Å². The number of carbonyl (C=O) groups is 2. The Kier molecular flexibility index (Phi) is 4.97. The molecule has 0 heterocycles. The molecule has 1 amide bonds. The lowest BCUT2D eigenvalue weighted by molar-refractivity contribution is -0.120. The van der Waals surface area contributed by atoms with Crippen LogP contribution in [-0.2, 0) is 4.79 Å². The smallest absolute Gasteiger partial charge is 0.251 e.